The molecule has 3 N–H and O–H groups in total. The van der Waals surface area contributed by atoms with Crippen LogP contribution in [-0.4, -0.2) is 34.2 Å². The van der Waals surface area contributed by atoms with Crippen molar-refractivity contribution < 1.29 is 19.8 Å². The zero-order valence-corrected chi connectivity index (χ0v) is 11.3. The van der Waals surface area contributed by atoms with Crippen LogP contribution in [0.4, 0.5) is 0 Å². The van der Waals surface area contributed by atoms with Crippen molar-refractivity contribution in [3.63, 3.8) is 0 Å². The summed E-state index contributed by atoms with van der Waals surface area (Å²) in [6.07, 6.45) is -1.16. The first-order chi connectivity index (χ1) is 8.76. The van der Waals surface area contributed by atoms with Crippen LogP contribution in [0.3, 0.4) is 0 Å². The topological polar surface area (TPSA) is 86.6 Å². The molecule has 1 amide bonds. The van der Waals surface area contributed by atoms with E-state index in [1.54, 1.807) is 26.0 Å². The van der Waals surface area contributed by atoms with Crippen molar-refractivity contribution in [2.24, 2.45) is 0 Å². The average molecular weight is 265 g/mol. The third kappa shape index (κ3) is 3.54. The fraction of sp³-hybridized carbons (Fsp3) is 0.429. The number of rotatable bonds is 5. The summed E-state index contributed by atoms with van der Waals surface area (Å²) in [5.74, 6) is -1.70. The first kappa shape index (κ1) is 15.2. The molecule has 1 aromatic carbocycles. The molecule has 0 aliphatic rings. The molecule has 0 aliphatic heterocycles. The average Bonchev–Trinajstić information content (AvgIpc) is 2.35. The number of aliphatic carboxylic acids is 1. The third-order valence-electron chi connectivity index (χ3n) is 3.10. The molecule has 2 atom stereocenters. The Kier molecular flexibility index (Phi) is 4.67. The van der Waals surface area contributed by atoms with Gasteiger partial charge in [0.2, 0.25) is 5.91 Å². The Hall–Kier alpha value is -1.88. The first-order valence-corrected chi connectivity index (χ1v) is 6.04. The van der Waals surface area contributed by atoms with Crippen molar-refractivity contribution in [1.29, 1.82) is 0 Å². The van der Waals surface area contributed by atoms with E-state index in [1.165, 1.54) is 6.92 Å². The number of carbonyl (C=O) groups excluding carboxylic acids is 1. The number of hydrogen-bond acceptors (Lipinski definition) is 3. The minimum absolute atomic E-state index is 0.438. The van der Waals surface area contributed by atoms with Gasteiger partial charge in [-0.25, -0.2) is 4.79 Å². The van der Waals surface area contributed by atoms with E-state index in [-0.39, 0.29) is 0 Å². The van der Waals surface area contributed by atoms with E-state index in [9.17, 15) is 14.7 Å². The molecule has 1 aromatic rings. The number of nitrogens with one attached hydrogen (secondary N) is 1. The molecular weight excluding hydrogens is 246 g/mol. The molecule has 0 unspecified atom stereocenters. The minimum Gasteiger partial charge on any atom is -0.480 e. The van der Waals surface area contributed by atoms with E-state index in [2.05, 4.69) is 5.32 Å². The number of carbonyl (C=O) groups is 2. The van der Waals surface area contributed by atoms with E-state index >= 15 is 0 Å². The SMILES string of the molecule is C[C@@H](O)[C@H](NC(=O)C(C)(C)c1ccccc1)C(=O)O. The monoisotopic (exact) mass is 265 g/mol. The fourth-order valence-electron chi connectivity index (χ4n) is 1.70. The fourth-order valence-corrected chi connectivity index (χ4v) is 1.70. The molecule has 0 saturated carbocycles. The van der Waals surface area contributed by atoms with Crippen LogP contribution >= 0.6 is 0 Å². The van der Waals surface area contributed by atoms with Gasteiger partial charge in [-0.1, -0.05) is 30.3 Å². The van der Waals surface area contributed by atoms with Gasteiger partial charge >= 0.3 is 5.97 Å². The molecule has 5 heteroatoms. The molecule has 0 fully saturated rings. The maximum absolute atomic E-state index is 12.2. The highest BCUT2D eigenvalue weighted by Crippen LogP contribution is 2.23. The molecule has 104 valence electrons. The molecule has 0 bridgehead atoms. The Morgan fingerprint density at radius 2 is 1.74 bits per heavy atom. The normalized spacial score (nSPS) is 14.5. The minimum atomic E-state index is -1.31. The van der Waals surface area contributed by atoms with Gasteiger partial charge in [-0.15, -0.1) is 0 Å². The van der Waals surface area contributed by atoms with Gasteiger partial charge in [0.05, 0.1) is 11.5 Å². The van der Waals surface area contributed by atoms with Gasteiger partial charge in [0.15, 0.2) is 6.04 Å². The Morgan fingerprint density at radius 3 is 2.16 bits per heavy atom. The molecule has 0 aromatic heterocycles. The standard InChI is InChI=1S/C14H19NO4/c1-9(16)11(12(17)18)15-13(19)14(2,3)10-7-5-4-6-8-10/h4-9,11,16H,1-3H3,(H,15,19)(H,17,18)/t9-,11+/m1/s1. The van der Waals surface area contributed by atoms with Gasteiger partial charge in [0.1, 0.15) is 0 Å². The number of hydrogen-bond donors (Lipinski definition) is 3. The first-order valence-electron chi connectivity index (χ1n) is 6.04. The maximum atomic E-state index is 12.2. The van der Waals surface area contributed by atoms with Crippen LogP contribution in [0.1, 0.15) is 26.3 Å². The number of benzene rings is 1. The van der Waals surface area contributed by atoms with Crippen molar-refractivity contribution in [1.82, 2.24) is 5.32 Å². The summed E-state index contributed by atoms with van der Waals surface area (Å²) >= 11 is 0. The molecule has 0 saturated heterocycles. The zero-order chi connectivity index (χ0) is 14.6. The smallest absolute Gasteiger partial charge is 0.328 e. The number of amides is 1. The van der Waals surface area contributed by atoms with Crippen LogP contribution in [-0.2, 0) is 15.0 Å². The van der Waals surface area contributed by atoms with Crippen LogP contribution in [0, 0.1) is 0 Å². The van der Waals surface area contributed by atoms with E-state index in [0.29, 0.717) is 0 Å². The lowest BCUT2D eigenvalue weighted by molar-refractivity contribution is -0.145. The summed E-state index contributed by atoms with van der Waals surface area (Å²) in [4.78, 5) is 23.2. The third-order valence-corrected chi connectivity index (χ3v) is 3.10. The van der Waals surface area contributed by atoms with Gasteiger partial charge in [-0.3, -0.25) is 4.79 Å². The Morgan fingerprint density at radius 1 is 1.21 bits per heavy atom. The summed E-state index contributed by atoms with van der Waals surface area (Å²) < 4.78 is 0. The molecule has 1 rings (SSSR count). The lowest BCUT2D eigenvalue weighted by Crippen LogP contribution is -2.52. The quantitative estimate of drug-likeness (QED) is 0.738. The Labute approximate surface area is 112 Å². The van der Waals surface area contributed by atoms with Crippen LogP contribution in [0.25, 0.3) is 0 Å². The van der Waals surface area contributed by atoms with Gasteiger partial charge < -0.3 is 15.5 Å². The van der Waals surface area contributed by atoms with Crippen LogP contribution in [0.5, 0.6) is 0 Å². The lowest BCUT2D eigenvalue weighted by atomic mass is 9.83. The molecule has 5 nitrogen and oxygen atoms in total. The second-order valence-corrected chi connectivity index (χ2v) is 5.02. The summed E-state index contributed by atoms with van der Waals surface area (Å²) in [5, 5.41) is 20.7. The van der Waals surface area contributed by atoms with Gasteiger partial charge in [-0.2, -0.15) is 0 Å². The molecule has 19 heavy (non-hydrogen) atoms. The van der Waals surface area contributed by atoms with E-state index in [4.69, 9.17) is 5.11 Å². The van der Waals surface area contributed by atoms with E-state index in [1.807, 2.05) is 18.2 Å². The Bertz CT molecular complexity index is 454. The van der Waals surface area contributed by atoms with E-state index in [0.717, 1.165) is 5.56 Å². The largest absolute Gasteiger partial charge is 0.480 e. The number of carboxylic acids is 1. The number of aliphatic hydroxyl groups is 1. The molecule has 0 radical (unpaired) electrons. The second kappa shape index (κ2) is 5.84. The lowest BCUT2D eigenvalue weighted by Gasteiger charge is -2.27. The van der Waals surface area contributed by atoms with Crippen molar-refractivity contribution >= 4 is 11.9 Å². The van der Waals surface area contributed by atoms with E-state index < -0.39 is 29.4 Å². The Balaban J connectivity index is 2.91. The molecular formula is C14H19NO4. The van der Waals surface area contributed by atoms with Crippen LogP contribution < -0.4 is 5.32 Å². The highest BCUT2D eigenvalue weighted by molar-refractivity contribution is 5.91. The van der Waals surface area contributed by atoms with Crippen molar-refractivity contribution in [2.75, 3.05) is 0 Å². The predicted octanol–water partition coefficient (Wildman–Crippen LogP) is 0.914. The van der Waals surface area contributed by atoms with Crippen LogP contribution in [0.2, 0.25) is 0 Å². The summed E-state index contributed by atoms with van der Waals surface area (Å²) in [7, 11) is 0. The number of aliphatic hydroxyl groups excluding tert-OH is 1. The van der Waals surface area contributed by atoms with Crippen molar-refractivity contribution in [3.05, 3.63) is 35.9 Å². The zero-order valence-electron chi connectivity index (χ0n) is 11.3. The predicted molar refractivity (Wildman–Crippen MR) is 70.7 cm³/mol. The molecule has 0 heterocycles. The highest BCUT2D eigenvalue weighted by Gasteiger charge is 2.34. The van der Waals surface area contributed by atoms with Gasteiger partial charge in [0.25, 0.3) is 0 Å². The van der Waals surface area contributed by atoms with Crippen molar-refractivity contribution in [3.8, 4) is 0 Å². The second-order valence-electron chi connectivity index (χ2n) is 5.02. The van der Waals surface area contributed by atoms with Crippen LogP contribution in [0.15, 0.2) is 30.3 Å². The highest BCUT2D eigenvalue weighted by atomic mass is 16.4. The summed E-state index contributed by atoms with van der Waals surface area (Å²) in [6, 6.07) is 7.76. The van der Waals surface area contributed by atoms with Gasteiger partial charge in [0, 0.05) is 0 Å². The van der Waals surface area contributed by atoms with Gasteiger partial charge in [-0.05, 0) is 26.3 Å². The number of carboxylic acid groups (broad SMARTS) is 1. The summed E-state index contributed by atoms with van der Waals surface area (Å²) in [6.45, 7) is 4.74. The van der Waals surface area contributed by atoms with Crippen molar-refractivity contribution in [2.45, 2.75) is 38.3 Å². The maximum Gasteiger partial charge on any atom is 0.328 e. The summed E-state index contributed by atoms with van der Waals surface area (Å²) in [5.41, 5.74) is -0.0913. The molecule has 0 aliphatic carbocycles. The molecule has 0 spiro atoms.